The van der Waals surface area contributed by atoms with Crippen LogP contribution in [-0.4, -0.2) is 36.9 Å². The molecule has 3 rings (SSSR count). The molecule has 2 amide bonds. The molecule has 1 aliphatic heterocycles. The first-order valence-corrected chi connectivity index (χ1v) is 9.33. The molecule has 142 valence electrons. The SMILES string of the molecule is COc1ccc(NC(=O)C[C@H]2C(=O)N(CCc3ccccc3)C[C@@H]2C)cc1. The van der Waals surface area contributed by atoms with E-state index in [-0.39, 0.29) is 30.1 Å². The summed E-state index contributed by atoms with van der Waals surface area (Å²) in [5, 5.41) is 2.87. The van der Waals surface area contributed by atoms with E-state index in [1.165, 1.54) is 5.56 Å². The molecule has 1 aliphatic rings. The summed E-state index contributed by atoms with van der Waals surface area (Å²) in [7, 11) is 1.60. The molecule has 5 nitrogen and oxygen atoms in total. The molecule has 1 fully saturated rings. The fourth-order valence-corrected chi connectivity index (χ4v) is 3.53. The smallest absolute Gasteiger partial charge is 0.226 e. The number of methoxy groups -OCH3 is 1. The van der Waals surface area contributed by atoms with Gasteiger partial charge in [-0.3, -0.25) is 9.59 Å². The van der Waals surface area contributed by atoms with E-state index in [0.29, 0.717) is 18.8 Å². The standard InChI is InChI=1S/C22H26N2O3/c1-16-15-24(13-12-17-6-4-3-5-7-17)22(26)20(16)14-21(25)23-18-8-10-19(27-2)11-9-18/h3-11,16,20H,12-15H2,1-2H3,(H,23,25)/t16-,20+/m0/s1. The highest BCUT2D eigenvalue weighted by atomic mass is 16.5. The highest BCUT2D eigenvalue weighted by Gasteiger charge is 2.38. The molecule has 0 spiro atoms. The molecule has 0 saturated carbocycles. The minimum atomic E-state index is -0.251. The Morgan fingerprint density at radius 2 is 1.85 bits per heavy atom. The summed E-state index contributed by atoms with van der Waals surface area (Å²) in [5.41, 5.74) is 1.93. The van der Waals surface area contributed by atoms with Gasteiger partial charge < -0.3 is 15.0 Å². The Kier molecular flexibility index (Phi) is 6.12. The Balaban J connectivity index is 1.53. The van der Waals surface area contributed by atoms with Crippen LogP contribution in [0.1, 0.15) is 18.9 Å². The van der Waals surface area contributed by atoms with E-state index in [4.69, 9.17) is 4.74 Å². The molecule has 2 aromatic carbocycles. The second-order valence-corrected chi connectivity index (χ2v) is 7.08. The number of nitrogens with zero attached hydrogens (tertiary/aromatic N) is 1. The van der Waals surface area contributed by atoms with E-state index in [9.17, 15) is 9.59 Å². The molecule has 27 heavy (non-hydrogen) atoms. The summed E-state index contributed by atoms with van der Waals surface area (Å²) in [6, 6.07) is 17.3. The third kappa shape index (κ3) is 4.88. The number of carbonyl (C=O) groups is 2. The maximum Gasteiger partial charge on any atom is 0.226 e. The van der Waals surface area contributed by atoms with Gasteiger partial charge in [-0.2, -0.15) is 0 Å². The van der Waals surface area contributed by atoms with Gasteiger partial charge in [-0.05, 0) is 42.2 Å². The van der Waals surface area contributed by atoms with Crippen LogP contribution >= 0.6 is 0 Å². The fraction of sp³-hybridized carbons (Fsp3) is 0.364. The van der Waals surface area contributed by atoms with Crippen molar-refractivity contribution in [3.05, 3.63) is 60.2 Å². The number of benzene rings is 2. The van der Waals surface area contributed by atoms with E-state index < -0.39 is 0 Å². The fourth-order valence-electron chi connectivity index (χ4n) is 3.53. The van der Waals surface area contributed by atoms with Crippen molar-refractivity contribution >= 4 is 17.5 Å². The molecule has 0 bridgehead atoms. The van der Waals surface area contributed by atoms with Gasteiger partial charge in [-0.1, -0.05) is 37.3 Å². The van der Waals surface area contributed by atoms with Gasteiger partial charge in [-0.25, -0.2) is 0 Å². The molecule has 0 aromatic heterocycles. The number of nitrogens with one attached hydrogen (secondary N) is 1. The molecule has 0 unspecified atom stereocenters. The zero-order valence-electron chi connectivity index (χ0n) is 15.9. The third-order valence-corrected chi connectivity index (χ3v) is 5.12. The molecule has 2 atom stereocenters. The van der Waals surface area contributed by atoms with Crippen LogP contribution in [0.15, 0.2) is 54.6 Å². The summed E-state index contributed by atoms with van der Waals surface area (Å²) in [6.45, 7) is 3.46. The molecular formula is C22H26N2O3. The Hall–Kier alpha value is -2.82. The van der Waals surface area contributed by atoms with E-state index in [0.717, 1.165) is 12.2 Å². The highest BCUT2D eigenvalue weighted by molar-refractivity contribution is 5.94. The van der Waals surface area contributed by atoms with Gasteiger partial charge >= 0.3 is 0 Å². The van der Waals surface area contributed by atoms with Crippen LogP contribution in [0.5, 0.6) is 5.75 Å². The topological polar surface area (TPSA) is 58.6 Å². The zero-order valence-corrected chi connectivity index (χ0v) is 15.9. The molecule has 0 radical (unpaired) electrons. The lowest BCUT2D eigenvalue weighted by Crippen LogP contribution is -2.30. The first-order chi connectivity index (χ1) is 13.1. The van der Waals surface area contributed by atoms with Crippen molar-refractivity contribution in [1.82, 2.24) is 4.90 Å². The average molecular weight is 366 g/mol. The van der Waals surface area contributed by atoms with Crippen LogP contribution < -0.4 is 10.1 Å². The quantitative estimate of drug-likeness (QED) is 0.817. The number of hydrogen-bond acceptors (Lipinski definition) is 3. The van der Waals surface area contributed by atoms with E-state index in [1.54, 1.807) is 31.4 Å². The average Bonchev–Trinajstić information content (AvgIpc) is 2.95. The van der Waals surface area contributed by atoms with Gasteiger partial charge in [0.2, 0.25) is 11.8 Å². The first kappa shape index (κ1) is 19.0. The number of rotatable bonds is 7. The van der Waals surface area contributed by atoms with Crippen molar-refractivity contribution in [2.45, 2.75) is 19.8 Å². The maximum absolute atomic E-state index is 12.7. The van der Waals surface area contributed by atoms with Crippen LogP contribution in [0.2, 0.25) is 0 Å². The Morgan fingerprint density at radius 3 is 2.52 bits per heavy atom. The van der Waals surface area contributed by atoms with Crippen molar-refractivity contribution in [2.24, 2.45) is 11.8 Å². The van der Waals surface area contributed by atoms with Crippen molar-refractivity contribution < 1.29 is 14.3 Å². The largest absolute Gasteiger partial charge is 0.497 e. The van der Waals surface area contributed by atoms with Crippen molar-refractivity contribution in [3.63, 3.8) is 0 Å². The summed E-state index contributed by atoms with van der Waals surface area (Å²) in [6.07, 6.45) is 1.05. The van der Waals surface area contributed by atoms with Crippen molar-refractivity contribution in [3.8, 4) is 5.75 Å². The number of anilines is 1. The summed E-state index contributed by atoms with van der Waals surface area (Å²) >= 11 is 0. The predicted molar refractivity (Wildman–Crippen MR) is 106 cm³/mol. The molecule has 5 heteroatoms. The number of amides is 2. The summed E-state index contributed by atoms with van der Waals surface area (Å²) in [5.74, 6) is 0.620. The van der Waals surface area contributed by atoms with E-state index in [1.807, 2.05) is 30.0 Å². The van der Waals surface area contributed by atoms with Gasteiger partial charge in [0.25, 0.3) is 0 Å². The number of ether oxygens (including phenoxy) is 1. The Bertz CT molecular complexity index is 774. The number of hydrogen-bond donors (Lipinski definition) is 1. The number of likely N-dealkylation sites (tertiary alicyclic amines) is 1. The van der Waals surface area contributed by atoms with Gasteiger partial charge in [-0.15, -0.1) is 0 Å². The Morgan fingerprint density at radius 1 is 1.15 bits per heavy atom. The molecule has 1 saturated heterocycles. The molecule has 1 heterocycles. The summed E-state index contributed by atoms with van der Waals surface area (Å²) < 4.78 is 5.11. The normalized spacial score (nSPS) is 19.2. The lowest BCUT2D eigenvalue weighted by atomic mass is 9.94. The first-order valence-electron chi connectivity index (χ1n) is 9.33. The zero-order chi connectivity index (χ0) is 19.2. The van der Waals surface area contributed by atoms with E-state index in [2.05, 4.69) is 17.4 Å². The van der Waals surface area contributed by atoms with Crippen molar-refractivity contribution in [1.29, 1.82) is 0 Å². The molecule has 0 aliphatic carbocycles. The van der Waals surface area contributed by atoms with Gasteiger partial charge in [0.15, 0.2) is 0 Å². The van der Waals surface area contributed by atoms with Crippen LogP contribution in [0.3, 0.4) is 0 Å². The minimum absolute atomic E-state index is 0.0864. The van der Waals surface area contributed by atoms with Crippen LogP contribution in [-0.2, 0) is 16.0 Å². The van der Waals surface area contributed by atoms with Crippen LogP contribution in [0, 0.1) is 11.8 Å². The third-order valence-electron chi connectivity index (χ3n) is 5.12. The molecular weight excluding hydrogens is 340 g/mol. The predicted octanol–water partition coefficient (Wildman–Crippen LogP) is 3.36. The molecule has 2 aromatic rings. The lowest BCUT2D eigenvalue weighted by Gasteiger charge is -2.16. The minimum Gasteiger partial charge on any atom is -0.497 e. The second kappa shape index (κ2) is 8.71. The monoisotopic (exact) mass is 366 g/mol. The van der Waals surface area contributed by atoms with Crippen LogP contribution in [0.4, 0.5) is 5.69 Å². The maximum atomic E-state index is 12.7. The Labute approximate surface area is 160 Å². The van der Waals surface area contributed by atoms with Gasteiger partial charge in [0, 0.05) is 25.2 Å². The lowest BCUT2D eigenvalue weighted by molar-refractivity contribution is -0.133. The highest BCUT2D eigenvalue weighted by Crippen LogP contribution is 2.28. The van der Waals surface area contributed by atoms with Crippen LogP contribution in [0.25, 0.3) is 0 Å². The molecule has 1 N–H and O–H groups in total. The summed E-state index contributed by atoms with van der Waals surface area (Å²) in [4.78, 5) is 27.0. The number of carbonyl (C=O) groups excluding carboxylic acids is 2. The second-order valence-electron chi connectivity index (χ2n) is 7.08. The van der Waals surface area contributed by atoms with Gasteiger partial charge in [0.1, 0.15) is 5.75 Å². The van der Waals surface area contributed by atoms with Crippen molar-refractivity contribution in [2.75, 3.05) is 25.5 Å². The van der Waals surface area contributed by atoms with E-state index >= 15 is 0 Å². The van der Waals surface area contributed by atoms with Gasteiger partial charge in [0.05, 0.1) is 13.0 Å².